The lowest BCUT2D eigenvalue weighted by Gasteiger charge is -2.36. The lowest BCUT2D eigenvalue weighted by Crippen LogP contribution is -2.46. The van der Waals surface area contributed by atoms with Crippen LogP contribution in [0.25, 0.3) is 0 Å². The van der Waals surface area contributed by atoms with E-state index in [4.69, 9.17) is 11.6 Å². The van der Waals surface area contributed by atoms with Crippen molar-refractivity contribution in [2.45, 2.75) is 0 Å². The molecular weight excluding hydrogens is 374 g/mol. The fourth-order valence-corrected chi connectivity index (χ4v) is 3.39. The summed E-state index contributed by atoms with van der Waals surface area (Å²) in [5, 5.41) is 3.34. The number of amides is 1. The van der Waals surface area contributed by atoms with Crippen LogP contribution >= 0.6 is 11.6 Å². The Balaban J connectivity index is 1.36. The normalized spacial score (nSPS) is 14.0. The number of carbonyl (C=O) groups excluding carboxylic acids is 1. The van der Waals surface area contributed by atoms with Gasteiger partial charge in [0.05, 0.1) is 12.4 Å². The van der Waals surface area contributed by atoms with Crippen LogP contribution in [0.3, 0.4) is 0 Å². The summed E-state index contributed by atoms with van der Waals surface area (Å²) in [7, 11) is 0. The van der Waals surface area contributed by atoms with Crippen molar-refractivity contribution in [1.82, 2.24) is 9.97 Å². The maximum Gasteiger partial charge on any atom is 0.275 e. The van der Waals surface area contributed by atoms with Gasteiger partial charge < -0.3 is 15.1 Å². The summed E-state index contributed by atoms with van der Waals surface area (Å²) in [6.45, 7) is 3.56. The predicted molar refractivity (Wildman–Crippen MR) is 112 cm³/mol. The second kappa shape index (κ2) is 8.27. The van der Waals surface area contributed by atoms with Gasteiger partial charge in [-0.2, -0.15) is 0 Å². The van der Waals surface area contributed by atoms with Crippen LogP contribution in [0.4, 0.5) is 17.2 Å². The SMILES string of the molecule is O=C(Nc1cccc(Cl)c1)c1cnc(N2CCN(c3ccccc3)CC2)cn1. The number of anilines is 3. The lowest BCUT2D eigenvalue weighted by atomic mass is 10.2. The number of piperazine rings is 1. The molecule has 1 aliphatic rings. The van der Waals surface area contributed by atoms with Gasteiger partial charge in [-0.05, 0) is 30.3 Å². The molecule has 0 atom stereocenters. The van der Waals surface area contributed by atoms with Crippen LogP contribution < -0.4 is 15.1 Å². The van der Waals surface area contributed by atoms with Crippen LogP contribution in [-0.4, -0.2) is 42.1 Å². The van der Waals surface area contributed by atoms with Crippen molar-refractivity contribution in [3.63, 3.8) is 0 Å². The smallest absolute Gasteiger partial charge is 0.275 e. The third kappa shape index (κ3) is 4.23. The van der Waals surface area contributed by atoms with Crippen LogP contribution in [0.15, 0.2) is 67.0 Å². The molecule has 142 valence electrons. The fourth-order valence-electron chi connectivity index (χ4n) is 3.20. The van der Waals surface area contributed by atoms with Crippen LogP contribution in [0, 0.1) is 0 Å². The molecule has 0 radical (unpaired) electrons. The minimum atomic E-state index is -0.310. The van der Waals surface area contributed by atoms with Crippen LogP contribution in [0.5, 0.6) is 0 Å². The summed E-state index contributed by atoms with van der Waals surface area (Å²) in [6, 6.07) is 17.4. The molecule has 1 aromatic heterocycles. The molecule has 0 unspecified atom stereocenters. The number of halogens is 1. The van der Waals surface area contributed by atoms with Gasteiger partial charge in [0.1, 0.15) is 11.5 Å². The van der Waals surface area contributed by atoms with E-state index in [0.29, 0.717) is 10.7 Å². The number of benzene rings is 2. The zero-order valence-electron chi connectivity index (χ0n) is 15.3. The Kier molecular flexibility index (Phi) is 5.39. The Hall–Kier alpha value is -3.12. The number of nitrogens with one attached hydrogen (secondary N) is 1. The Morgan fingerprint density at radius 2 is 1.64 bits per heavy atom. The van der Waals surface area contributed by atoms with Gasteiger partial charge in [-0.15, -0.1) is 0 Å². The number of nitrogens with zero attached hydrogens (tertiary/aromatic N) is 4. The first-order valence-corrected chi connectivity index (χ1v) is 9.51. The topological polar surface area (TPSA) is 61.4 Å². The van der Waals surface area contributed by atoms with E-state index in [1.165, 1.54) is 11.9 Å². The number of para-hydroxylation sites is 1. The van der Waals surface area contributed by atoms with E-state index in [2.05, 4.69) is 49.4 Å². The summed E-state index contributed by atoms with van der Waals surface area (Å²) >= 11 is 5.94. The van der Waals surface area contributed by atoms with Crippen molar-refractivity contribution < 1.29 is 4.79 Å². The summed E-state index contributed by atoms with van der Waals surface area (Å²) in [6.07, 6.45) is 3.17. The van der Waals surface area contributed by atoms with Crippen molar-refractivity contribution in [3.8, 4) is 0 Å². The largest absolute Gasteiger partial charge is 0.368 e. The molecule has 2 heterocycles. The van der Waals surface area contributed by atoms with Gasteiger partial charge in [0.25, 0.3) is 5.91 Å². The maximum absolute atomic E-state index is 12.3. The predicted octanol–water partition coefficient (Wildman–Crippen LogP) is 3.71. The quantitative estimate of drug-likeness (QED) is 0.732. The minimum Gasteiger partial charge on any atom is -0.368 e. The van der Waals surface area contributed by atoms with Gasteiger partial charge in [-0.3, -0.25) is 4.79 Å². The zero-order chi connectivity index (χ0) is 19.3. The van der Waals surface area contributed by atoms with Crippen molar-refractivity contribution >= 4 is 34.7 Å². The molecule has 6 nitrogen and oxygen atoms in total. The molecule has 4 rings (SSSR count). The molecule has 0 spiro atoms. The number of hydrogen-bond acceptors (Lipinski definition) is 5. The third-order valence-electron chi connectivity index (χ3n) is 4.68. The second-order valence-corrected chi connectivity index (χ2v) is 6.97. The van der Waals surface area contributed by atoms with Crippen molar-refractivity contribution in [1.29, 1.82) is 0 Å². The summed E-state index contributed by atoms with van der Waals surface area (Å²) in [5.74, 6) is 0.474. The number of hydrogen-bond donors (Lipinski definition) is 1. The molecule has 0 saturated carbocycles. The summed E-state index contributed by atoms with van der Waals surface area (Å²) in [5.41, 5.74) is 2.13. The van der Waals surface area contributed by atoms with Gasteiger partial charge in [-0.1, -0.05) is 35.9 Å². The average molecular weight is 394 g/mol. The van der Waals surface area contributed by atoms with E-state index in [1.54, 1.807) is 30.5 Å². The highest BCUT2D eigenvalue weighted by Crippen LogP contribution is 2.19. The molecule has 2 aromatic carbocycles. The molecular formula is C21H20ClN5O. The van der Waals surface area contributed by atoms with E-state index in [-0.39, 0.29) is 11.6 Å². The number of aromatic nitrogens is 2. The van der Waals surface area contributed by atoms with Crippen molar-refractivity contribution in [2.75, 3.05) is 41.3 Å². The van der Waals surface area contributed by atoms with E-state index in [9.17, 15) is 4.79 Å². The molecule has 1 aliphatic heterocycles. The Labute approximate surface area is 168 Å². The highest BCUT2D eigenvalue weighted by Gasteiger charge is 2.19. The third-order valence-corrected chi connectivity index (χ3v) is 4.91. The van der Waals surface area contributed by atoms with Gasteiger partial charge in [0, 0.05) is 42.6 Å². The van der Waals surface area contributed by atoms with Crippen LogP contribution in [0.1, 0.15) is 10.5 Å². The molecule has 28 heavy (non-hydrogen) atoms. The monoisotopic (exact) mass is 393 g/mol. The van der Waals surface area contributed by atoms with Crippen LogP contribution in [0.2, 0.25) is 5.02 Å². The van der Waals surface area contributed by atoms with E-state index >= 15 is 0 Å². The molecule has 1 fully saturated rings. The highest BCUT2D eigenvalue weighted by molar-refractivity contribution is 6.30. The Morgan fingerprint density at radius 1 is 0.893 bits per heavy atom. The number of carbonyl (C=O) groups is 1. The first-order chi connectivity index (χ1) is 13.7. The average Bonchev–Trinajstić information content (AvgIpc) is 2.75. The Bertz CT molecular complexity index is 941. The fraction of sp³-hybridized carbons (Fsp3) is 0.190. The molecule has 3 aromatic rings. The van der Waals surface area contributed by atoms with Gasteiger partial charge >= 0.3 is 0 Å². The minimum absolute atomic E-state index is 0.270. The molecule has 1 saturated heterocycles. The first kappa shape index (κ1) is 18.3. The van der Waals surface area contributed by atoms with E-state index in [1.807, 2.05) is 6.07 Å². The lowest BCUT2D eigenvalue weighted by molar-refractivity contribution is 0.102. The molecule has 0 aliphatic carbocycles. The zero-order valence-corrected chi connectivity index (χ0v) is 16.0. The summed E-state index contributed by atoms with van der Waals surface area (Å²) in [4.78, 5) is 25.6. The molecule has 0 bridgehead atoms. The van der Waals surface area contributed by atoms with Gasteiger partial charge in [-0.25, -0.2) is 9.97 Å². The van der Waals surface area contributed by atoms with Crippen molar-refractivity contribution in [2.24, 2.45) is 0 Å². The van der Waals surface area contributed by atoms with E-state index in [0.717, 1.165) is 32.0 Å². The molecule has 1 amide bonds. The summed E-state index contributed by atoms with van der Waals surface area (Å²) < 4.78 is 0. The van der Waals surface area contributed by atoms with Gasteiger partial charge in [0.2, 0.25) is 0 Å². The maximum atomic E-state index is 12.3. The molecule has 7 heteroatoms. The first-order valence-electron chi connectivity index (χ1n) is 9.13. The molecule has 1 N–H and O–H groups in total. The Morgan fingerprint density at radius 3 is 2.32 bits per heavy atom. The van der Waals surface area contributed by atoms with Gasteiger partial charge in [0.15, 0.2) is 0 Å². The number of rotatable bonds is 4. The van der Waals surface area contributed by atoms with Crippen molar-refractivity contribution in [3.05, 3.63) is 77.7 Å². The second-order valence-electron chi connectivity index (χ2n) is 6.53. The van der Waals surface area contributed by atoms with Crippen LogP contribution in [-0.2, 0) is 0 Å². The van der Waals surface area contributed by atoms with E-state index < -0.39 is 0 Å². The highest BCUT2D eigenvalue weighted by atomic mass is 35.5. The standard InChI is InChI=1S/C21H20ClN5O/c22-16-5-4-6-17(13-16)25-21(28)19-14-24-20(15-23-19)27-11-9-26(10-12-27)18-7-2-1-3-8-18/h1-8,13-15H,9-12H2,(H,25,28).